The summed E-state index contributed by atoms with van der Waals surface area (Å²) in [5, 5.41) is 0. The predicted octanol–water partition coefficient (Wildman–Crippen LogP) is 3.22. The maximum Gasteiger partial charge on any atom is 0.270 e. The zero-order valence-electron chi connectivity index (χ0n) is 13.3. The summed E-state index contributed by atoms with van der Waals surface area (Å²) >= 11 is 3.49. The molecule has 0 N–H and O–H groups in total. The average Bonchev–Trinajstić information content (AvgIpc) is 2.87. The number of likely N-dealkylation sites (tertiary alicyclic amines) is 1. The lowest BCUT2D eigenvalue weighted by Crippen LogP contribution is -2.45. The molecule has 0 unspecified atom stereocenters. The summed E-state index contributed by atoms with van der Waals surface area (Å²) in [5.41, 5.74) is 0.796. The van der Waals surface area contributed by atoms with E-state index in [1.807, 2.05) is 24.2 Å². The van der Waals surface area contributed by atoms with Gasteiger partial charge in [-0.3, -0.25) is 4.79 Å². The quantitative estimate of drug-likeness (QED) is 0.811. The molecule has 2 rings (SSSR count). The van der Waals surface area contributed by atoms with Crippen LogP contribution in [0.5, 0.6) is 0 Å². The maximum atomic E-state index is 12.8. The minimum atomic E-state index is 0.143. The molecule has 0 atom stereocenters. The number of carbonyl (C=O) groups excluding carboxylic acids is 1. The van der Waals surface area contributed by atoms with E-state index in [4.69, 9.17) is 0 Å². The second-order valence-corrected chi connectivity index (χ2v) is 6.73. The number of rotatable bonds is 5. The molecule has 1 aromatic rings. The molecule has 0 bridgehead atoms. The molecule has 1 fully saturated rings. The van der Waals surface area contributed by atoms with Crippen LogP contribution in [0.25, 0.3) is 0 Å². The standard InChI is InChI=1S/C16H26BrN3O/c1-4-8-20-12-13(17)11-15(20)16(21)18(3)14-6-9-19(5-2)10-7-14/h11-12,14H,4-10H2,1-3H3. The van der Waals surface area contributed by atoms with Crippen molar-refractivity contribution in [3.05, 3.63) is 22.4 Å². The molecule has 0 aromatic carbocycles. The van der Waals surface area contributed by atoms with Crippen molar-refractivity contribution in [2.75, 3.05) is 26.7 Å². The highest BCUT2D eigenvalue weighted by Crippen LogP contribution is 2.21. The third-order valence-corrected chi connectivity index (χ3v) is 4.85. The lowest BCUT2D eigenvalue weighted by atomic mass is 10.0. The van der Waals surface area contributed by atoms with Gasteiger partial charge in [-0.25, -0.2) is 0 Å². The summed E-state index contributed by atoms with van der Waals surface area (Å²) < 4.78 is 3.04. The topological polar surface area (TPSA) is 28.5 Å². The van der Waals surface area contributed by atoms with Gasteiger partial charge in [0.1, 0.15) is 5.69 Å². The van der Waals surface area contributed by atoms with E-state index >= 15 is 0 Å². The van der Waals surface area contributed by atoms with Crippen LogP contribution in [0.4, 0.5) is 0 Å². The van der Waals surface area contributed by atoms with Gasteiger partial charge in [-0.05, 0) is 47.8 Å². The van der Waals surface area contributed by atoms with Crippen molar-refractivity contribution in [1.82, 2.24) is 14.4 Å². The van der Waals surface area contributed by atoms with Crippen LogP contribution < -0.4 is 0 Å². The molecule has 21 heavy (non-hydrogen) atoms. The minimum absolute atomic E-state index is 0.143. The van der Waals surface area contributed by atoms with Crippen LogP contribution in [-0.4, -0.2) is 53.0 Å². The number of nitrogens with zero attached hydrogens (tertiary/aromatic N) is 3. The van der Waals surface area contributed by atoms with E-state index in [0.717, 1.165) is 55.6 Å². The fourth-order valence-corrected chi connectivity index (χ4v) is 3.51. The van der Waals surface area contributed by atoms with Crippen LogP contribution in [0.1, 0.15) is 43.6 Å². The Morgan fingerprint density at radius 2 is 2.05 bits per heavy atom. The van der Waals surface area contributed by atoms with Crippen molar-refractivity contribution >= 4 is 21.8 Å². The summed E-state index contributed by atoms with van der Waals surface area (Å²) in [7, 11) is 1.95. The van der Waals surface area contributed by atoms with Crippen LogP contribution >= 0.6 is 15.9 Å². The number of aryl methyl sites for hydroxylation is 1. The number of piperidine rings is 1. The van der Waals surface area contributed by atoms with Gasteiger partial charge >= 0.3 is 0 Å². The number of hydrogen-bond donors (Lipinski definition) is 0. The smallest absolute Gasteiger partial charge is 0.270 e. The summed E-state index contributed by atoms with van der Waals surface area (Å²) in [4.78, 5) is 17.2. The van der Waals surface area contributed by atoms with Crippen LogP contribution in [0, 0.1) is 0 Å². The number of halogens is 1. The van der Waals surface area contributed by atoms with Gasteiger partial charge in [0.15, 0.2) is 0 Å². The summed E-state index contributed by atoms with van der Waals surface area (Å²) in [6, 6.07) is 2.31. The molecule has 0 saturated carbocycles. The Kier molecular flexibility index (Phi) is 5.88. The first kappa shape index (κ1) is 16.6. The zero-order valence-corrected chi connectivity index (χ0v) is 14.9. The Bertz CT molecular complexity index is 478. The van der Waals surface area contributed by atoms with E-state index in [-0.39, 0.29) is 5.91 Å². The van der Waals surface area contributed by atoms with Gasteiger partial charge in [0.2, 0.25) is 0 Å². The van der Waals surface area contributed by atoms with Gasteiger partial charge in [-0.2, -0.15) is 0 Å². The highest BCUT2D eigenvalue weighted by Gasteiger charge is 2.26. The van der Waals surface area contributed by atoms with Crippen molar-refractivity contribution in [3.8, 4) is 0 Å². The summed E-state index contributed by atoms with van der Waals surface area (Å²) in [5.74, 6) is 0.143. The predicted molar refractivity (Wildman–Crippen MR) is 89.7 cm³/mol. The van der Waals surface area contributed by atoms with E-state index in [1.165, 1.54) is 0 Å². The number of amides is 1. The summed E-state index contributed by atoms with van der Waals surface area (Å²) in [6.07, 6.45) is 5.18. The number of aromatic nitrogens is 1. The molecule has 1 saturated heterocycles. The molecule has 2 heterocycles. The normalized spacial score (nSPS) is 17.1. The Morgan fingerprint density at radius 3 is 2.62 bits per heavy atom. The first-order valence-corrected chi connectivity index (χ1v) is 8.71. The van der Waals surface area contributed by atoms with E-state index in [9.17, 15) is 4.79 Å². The molecule has 118 valence electrons. The van der Waals surface area contributed by atoms with Crippen molar-refractivity contribution in [2.45, 2.75) is 45.7 Å². The Labute approximate surface area is 136 Å². The summed E-state index contributed by atoms with van der Waals surface area (Å²) in [6.45, 7) is 8.51. The van der Waals surface area contributed by atoms with Gasteiger partial charge in [0.05, 0.1) is 0 Å². The van der Waals surface area contributed by atoms with Crippen molar-refractivity contribution in [2.24, 2.45) is 0 Å². The fraction of sp³-hybridized carbons (Fsp3) is 0.688. The molecule has 1 aliphatic heterocycles. The highest BCUT2D eigenvalue weighted by atomic mass is 79.9. The Balaban J connectivity index is 2.05. The van der Waals surface area contributed by atoms with Crippen LogP contribution in [0.3, 0.4) is 0 Å². The van der Waals surface area contributed by atoms with Gasteiger partial charge < -0.3 is 14.4 Å². The monoisotopic (exact) mass is 355 g/mol. The lowest BCUT2D eigenvalue weighted by molar-refractivity contribution is 0.0636. The van der Waals surface area contributed by atoms with Gasteiger partial charge in [0.25, 0.3) is 5.91 Å². The maximum absolute atomic E-state index is 12.8. The molecule has 1 aliphatic rings. The Hall–Kier alpha value is -0.810. The minimum Gasteiger partial charge on any atom is -0.342 e. The van der Waals surface area contributed by atoms with Crippen molar-refractivity contribution in [3.63, 3.8) is 0 Å². The molecule has 5 heteroatoms. The molecule has 0 radical (unpaired) electrons. The van der Waals surface area contributed by atoms with E-state index < -0.39 is 0 Å². The van der Waals surface area contributed by atoms with E-state index in [1.54, 1.807) is 0 Å². The van der Waals surface area contributed by atoms with Crippen molar-refractivity contribution in [1.29, 1.82) is 0 Å². The van der Waals surface area contributed by atoms with Crippen LogP contribution in [-0.2, 0) is 6.54 Å². The average molecular weight is 356 g/mol. The first-order valence-electron chi connectivity index (χ1n) is 7.92. The molecule has 1 amide bonds. The lowest BCUT2D eigenvalue weighted by Gasteiger charge is -2.36. The molecule has 0 spiro atoms. The second kappa shape index (κ2) is 7.45. The highest BCUT2D eigenvalue weighted by molar-refractivity contribution is 9.10. The number of carbonyl (C=O) groups is 1. The molecular formula is C16H26BrN3O. The molecule has 1 aromatic heterocycles. The van der Waals surface area contributed by atoms with Crippen LogP contribution in [0.2, 0.25) is 0 Å². The van der Waals surface area contributed by atoms with Crippen LogP contribution in [0.15, 0.2) is 16.7 Å². The van der Waals surface area contributed by atoms with E-state index in [2.05, 4.69) is 39.2 Å². The molecule has 4 nitrogen and oxygen atoms in total. The van der Waals surface area contributed by atoms with Gasteiger partial charge in [0, 0.05) is 43.4 Å². The number of hydrogen-bond acceptors (Lipinski definition) is 2. The molecule has 0 aliphatic carbocycles. The Morgan fingerprint density at radius 1 is 1.38 bits per heavy atom. The van der Waals surface area contributed by atoms with Crippen molar-refractivity contribution < 1.29 is 4.79 Å². The SMILES string of the molecule is CCCn1cc(Br)cc1C(=O)N(C)C1CCN(CC)CC1. The second-order valence-electron chi connectivity index (χ2n) is 5.82. The third-order valence-electron chi connectivity index (χ3n) is 4.42. The largest absolute Gasteiger partial charge is 0.342 e. The third kappa shape index (κ3) is 3.89. The fourth-order valence-electron chi connectivity index (χ4n) is 3.05. The molecular weight excluding hydrogens is 330 g/mol. The van der Waals surface area contributed by atoms with Gasteiger partial charge in [-0.1, -0.05) is 13.8 Å². The van der Waals surface area contributed by atoms with E-state index in [0.29, 0.717) is 6.04 Å². The first-order chi connectivity index (χ1) is 10.1. The van der Waals surface area contributed by atoms with Gasteiger partial charge in [-0.15, -0.1) is 0 Å². The zero-order chi connectivity index (χ0) is 15.4.